The predicted molar refractivity (Wildman–Crippen MR) is 43.7 cm³/mol. The maximum absolute atomic E-state index is 10.4. The van der Waals surface area contributed by atoms with E-state index in [9.17, 15) is 4.79 Å². The smallest absolute Gasteiger partial charge is 0.223 e. The standard InChI is InChI=1S/C4H5Br2OS/c5-1-3(2-6)4(7)8/h3H,1-2H2. The summed E-state index contributed by atoms with van der Waals surface area (Å²) < 4.78 is 0. The molecule has 0 heterocycles. The van der Waals surface area contributed by atoms with Crippen molar-refractivity contribution >= 4 is 49.6 Å². The molecule has 1 radical (unpaired) electrons. The first-order valence-corrected chi connectivity index (χ1v) is 4.70. The second-order valence-electron chi connectivity index (χ2n) is 1.32. The van der Waals surface area contributed by atoms with Gasteiger partial charge in [0.05, 0.1) is 5.92 Å². The van der Waals surface area contributed by atoms with Crippen LogP contribution in [0.1, 0.15) is 0 Å². The summed E-state index contributed by atoms with van der Waals surface area (Å²) in [5, 5.41) is 1.13. The molecule has 4 heteroatoms. The van der Waals surface area contributed by atoms with E-state index in [1.165, 1.54) is 0 Å². The molecule has 0 spiro atoms. The van der Waals surface area contributed by atoms with Crippen molar-refractivity contribution in [2.75, 3.05) is 10.7 Å². The number of rotatable bonds is 3. The molecule has 47 valence electrons. The van der Waals surface area contributed by atoms with Crippen molar-refractivity contribution < 1.29 is 4.79 Å². The average molecular weight is 261 g/mol. The molecule has 0 aliphatic heterocycles. The van der Waals surface area contributed by atoms with Gasteiger partial charge in [-0.25, -0.2) is 0 Å². The van der Waals surface area contributed by atoms with Gasteiger partial charge in [0.1, 0.15) is 0 Å². The molecule has 0 fully saturated rings. The largest absolute Gasteiger partial charge is 0.282 e. The fraction of sp³-hybridized carbons (Fsp3) is 0.750. The molecule has 1 nitrogen and oxygen atoms in total. The Hall–Kier alpha value is 0.850. The van der Waals surface area contributed by atoms with Crippen LogP contribution in [-0.2, 0) is 4.79 Å². The Bertz CT molecular complexity index is 82.1. The molecule has 0 aromatic heterocycles. The van der Waals surface area contributed by atoms with Crippen LogP contribution in [0.5, 0.6) is 0 Å². The summed E-state index contributed by atoms with van der Waals surface area (Å²) in [6, 6.07) is 0. The van der Waals surface area contributed by atoms with Gasteiger partial charge < -0.3 is 0 Å². The summed E-state index contributed by atoms with van der Waals surface area (Å²) in [7, 11) is 0. The Labute approximate surface area is 70.9 Å². The van der Waals surface area contributed by atoms with Crippen LogP contribution in [0.15, 0.2) is 0 Å². The molecule has 0 saturated carbocycles. The SMILES string of the molecule is O=C([S])C(CBr)CBr. The highest BCUT2D eigenvalue weighted by atomic mass is 79.9. The van der Waals surface area contributed by atoms with E-state index < -0.39 is 0 Å². The van der Waals surface area contributed by atoms with E-state index in [1.54, 1.807) is 0 Å². The zero-order valence-electron chi connectivity index (χ0n) is 4.06. The maximum Gasteiger partial charge on any atom is 0.223 e. The van der Waals surface area contributed by atoms with E-state index >= 15 is 0 Å². The van der Waals surface area contributed by atoms with Gasteiger partial charge in [0, 0.05) is 10.7 Å². The molecule has 0 amide bonds. The Morgan fingerprint density at radius 3 is 1.88 bits per heavy atom. The maximum atomic E-state index is 10.4. The second kappa shape index (κ2) is 4.70. The van der Waals surface area contributed by atoms with Crippen molar-refractivity contribution in [2.45, 2.75) is 0 Å². The van der Waals surface area contributed by atoms with Gasteiger partial charge in [-0.05, 0) is 12.6 Å². The summed E-state index contributed by atoms with van der Waals surface area (Å²) in [5.41, 5.74) is 0. The second-order valence-corrected chi connectivity index (χ2v) is 3.02. The summed E-state index contributed by atoms with van der Waals surface area (Å²) >= 11 is 10.7. The number of carbonyl (C=O) groups excluding carboxylic acids is 1. The van der Waals surface area contributed by atoms with Crippen LogP contribution in [0.25, 0.3) is 0 Å². The Kier molecular flexibility index (Phi) is 5.20. The third-order valence-electron chi connectivity index (χ3n) is 0.706. The van der Waals surface area contributed by atoms with Crippen LogP contribution in [0, 0.1) is 5.92 Å². The lowest BCUT2D eigenvalue weighted by Gasteiger charge is -2.00. The summed E-state index contributed by atoms with van der Waals surface area (Å²) in [6.45, 7) is 0. The van der Waals surface area contributed by atoms with E-state index in [0.717, 1.165) is 0 Å². The van der Waals surface area contributed by atoms with Crippen LogP contribution >= 0.6 is 44.5 Å². The normalized spacial score (nSPS) is 9.88. The highest BCUT2D eigenvalue weighted by Gasteiger charge is 2.11. The molecular formula is C4H5Br2OS. The van der Waals surface area contributed by atoms with Gasteiger partial charge in [-0.3, -0.25) is 4.79 Å². The molecular weight excluding hydrogens is 256 g/mol. The minimum atomic E-state index is -0.182. The zero-order valence-corrected chi connectivity index (χ0v) is 8.05. The van der Waals surface area contributed by atoms with Crippen molar-refractivity contribution in [3.05, 3.63) is 0 Å². The van der Waals surface area contributed by atoms with Crippen LogP contribution in [0.4, 0.5) is 0 Å². The average Bonchev–Trinajstić information content (AvgIpc) is 1.69. The van der Waals surface area contributed by atoms with Gasteiger partial charge in [-0.1, -0.05) is 31.9 Å². The van der Waals surface area contributed by atoms with E-state index in [1.807, 2.05) is 0 Å². The number of carbonyl (C=O) groups is 1. The molecule has 0 aromatic carbocycles. The van der Waals surface area contributed by atoms with Gasteiger partial charge in [0.2, 0.25) is 5.12 Å². The molecule has 0 aliphatic rings. The first kappa shape index (κ1) is 8.85. The van der Waals surface area contributed by atoms with E-state index in [0.29, 0.717) is 10.7 Å². The van der Waals surface area contributed by atoms with Crippen molar-refractivity contribution in [1.82, 2.24) is 0 Å². The van der Waals surface area contributed by atoms with Crippen molar-refractivity contribution in [3.63, 3.8) is 0 Å². The van der Waals surface area contributed by atoms with Crippen molar-refractivity contribution in [3.8, 4) is 0 Å². The van der Waals surface area contributed by atoms with Crippen molar-refractivity contribution in [2.24, 2.45) is 5.92 Å². The van der Waals surface area contributed by atoms with Crippen LogP contribution in [-0.4, -0.2) is 15.8 Å². The summed E-state index contributed by atoms with van der Waals surface area (Å²) in [4.78, 5) is 10.4. The van der Waals surface area contributed by atoms with Gasteiger partial charge in [0.15, 0.2) is 0 Å². The topological polar surface area (TPSA) is 17.1 Å². The number of alkyl halides is 2. The first-order valence-electron chi connectivity index (χ1n) is 2.05. The van der Waals surface area contributed by atoms with Crippen LogP contribution in [0.2, 0.25) is 0 Å². The molecule has 0 aromatic rings. The molecule has 0 aliphatic carbocycles. The predicted octanol–water partition coefficient (Wildman–Crippen LogP) is 2.12. The Balaban J connectivity index is 3.52. The molecule has 0 N–H and O–H groups in total. The molecule has 0 saturated heterocycles. The molecule has 8 heavy (non-hydrogen) atoms. The van der Waals surface area contributed by atoms with E-state index in [2.05, 4.69) is 44.5 Å². The van der Waals surface area contributed by atoms with Crippen LogP contribution < -0.4 is 0 Å². The first-order chi connectivity index (χ1) is 3.72. The number of halogens is 2. The van der Waals surface area contributed by atoms with Gasteiger partial charge >= 0.3 is 0 Å². The number of hydrogen-bond donors (Lipinski definition) is 0. The molecule has 0 atom stereocenters. The van der Waals surface area contributed by atoms with Gasteiger partial charge in [-0.2, -0.15) is 0 Å². The Morgan fingerprint density at radius 1 is 1.50 bits per heavy atom. The van der Waals surface area contributed by atoms with Crippen molar-refractivity contribution in [1.29, 1.82) is 0 Å². The third-order valence-corrected chi connectivity index (χ3v) is 2.60. The van der Waals surface area contributed by atoms with Crippen LogP contribution in [0.3, 0.4) is 0 Å². The highest BCUT2D eigenvalue weighted by Crippen LogP contribution is 2.08. The minimum Gasteiger partial charge on any atom is -0.282 e. The molecule has 0 bridgehead atoms. The number of hydrogen-bond acceptors (Lipinski definition) is 1. The van der Waals surface area contributed by atoms with E-state index in [-0.39, 0.29) is 11.0 Å². The minimum absolute atomic E-state index is 0.0370. The van der Waals surface area contributed by atoms with Gasteiger partial charge in [-0.15, -0.1) is 0 Å². The lowest BCUT2D eigenvalue weighted by atomic mass is 10.3. The lowest BCUT2D eigenvalue weighted by molar-refractivity contribution is -0.112. The summed E-state index contributed by atoms with van der Waals surface area (Å²) in [6.07, 6.45) is 0. The fourth-order valence-electron chi connectivity index (χ4n) is 0.167. The fourth-order valence-corrected chi connectivity index (χ4v) is 2.42. The zero-order chi connectivity index (χ0) is 6.57. The quantitative estimate of drug-likeness (QED) is 0.711. The van der Waals surface area contributed by atoms with Gasteiger partial charge in [0.25, 0.3) is 0 Å². The third kappa shape index (κ3) is 2.99. The molecule has 0 unspecified atom stereocenters. The molecule has 0 rings (SSSR count). The van der Waals surface area contributed by atoms with E-state index in [4.69, 9.17) is 0 Å². The monoisotopic (exact) mass is 259 g/mol. The lowest BCUT2D eigenvalue weighted by Crippen LogP contribution is -2.11. The summed E-state index contributed by atoms with van der Waals surface area (Å²) in [5.74, 6) is -0.0370. The Morgan fingerprint density at radius 2 is 1.88 bits per heavy atom. The highest BCUT2D eigenvalue weighted by molar-refractivity contribution is 9.09.